The first-order chi connectivity index (χ1) is 7.78. The van der Waals surface area contributed by atoms with Crippen molar-refractivity contribution in [2.24, 2.45) is 0 Å². The van der Waals surface area contributed by atoms with Crippen molar-refractivity contribution in [1.29, 1.82) is 0 Å². The molecule has 2 unspecified atom stereocenters. The van der Waals surface area contributed by atoms with Crippen molar-refractivity contribution >= 4 is 16.5 Å². The average Bonchev–Trinajstić information content (AvgIpc) is 2.89. The molecule has 2 atom stereocenters. The maximum atomic E-state index is 4.14. The lowest BCUT2D eigenvalue weighted by Crippen LogP contribution is -2.29. The minimum Gasteiger partial charge on any atom is -0.358 e. The Morgan fingerprint density at radius 2 is 2.44 bits per heavy atom. The third kappa shape index (κ3) is 3.15. The molecule has 0 aromatic carbocycles. The van der Waals surface area contributed by atoms with Gasteiger partial charge in [0.1, 0.15) is 5.01 Å². The van der Waals surface area contributed by atoms with Gasteiger partial charge in [-0.05, 0) is 39.2 Å². The Labute approximate surface area is 101 Å². The zero-order valence-electron chi connectivity index (χ0n) is 9.99. The van der Waals surface area contributed by atoms with Crippen LogP contribution in [-0.4, -0.2) is 28.8 Å². The van der Waals surface area contributed by atoms with Crippen LogP contribution in [0.4, 0.5) is 5.13 Å². The molecule has 0 bridgehead atoms. The zero-order valence-corrected chi connectivity index (χ0v) is 10.8. The summed E-state index contributed by atoms with van der Waals surface area (Å²) in [5.74, 6) is 0. The first-order valence-electron chi connectivity index (χ1n) is 6.10. The van der Waals surface area contributed by atoms with E-state index in [2.05, 4.69) is 34.7 Å². The molecular weight excluding hydrogens is 220 g/mol. The summed E-state index contributed by atoms with van der Waals surface area (Å²) in [6, 6.07) is 1.15. The van der Waals surface area contributed by atoms with Crippen LogP contribution in [0.3, 0.4) is 0 Å². The Balaban J connectivity index is 1.79. The molecule has 0 amide bonds. The fourth-order valence-corrected chi connectivity index (χ4v) is 2.90. The molecule has 2 N–H and O–H groups in total. The number of rotatable bonds is 5. The van der Waals surface area contributed by atoms with Crippen LogP contribution < -0.4 is 10.6 Å². The molecule has 1 aromatic rings. The Bertz CT molecular complexity index is 320. The Kier molecular flexibility index (Phi) is 4.12. The number of nitrogens with one attached hydrogen (secondary N) is 2. The molecule has 1 saturated heterocycles. The van der Waals surface area contributed by atoms with E-state index in [0.29, 0.717) is 12.1 Å². The summed E-state index contributed by atoms with van der Waals surface area (Å²) in [4.78, 5) is 0. The highest BCUT2D eigenvalue weighted by Crippen LogP contribution is 2.18. The third-order valence-electron chi connectivity index (χ3n) is 2.94. The first-order valence-corrected chi connectivity index (χ1v) is 6.92. The predicted octanol–water partition coefficient (Wildman–Crippen LogP) is 2.04. The summed E-state index contributed by atoms with van der Waals surface area (Å²) in [7, 11) is 0. The number of hydrogen-bond acceptors (Lipinski definition) is 5. The average molecular weight is 240 g/mol. The van der Waals surface area contributed by atoms with Crippen molar-refractivity contribution in [1.82, 2.24) is 15.5 Å². The van der Waals surface area contributed by atoms with E-state index < -0.39 is 0 Å². The van der Waals surface area contributed by atoms with Crippen LogP contribution in [0, 0.1) is 0 Å². The van der Waals surface area contributed by atoms with Gasteiger partial charge in [0.05, 0.1) is 0 Å². The largest absolute Gasteiger partial charge is 0.358 e. The molecule has 16 heavy (non-hydrogen) atoms. The molecule has 90 valence electrons. The van der Waals surface area contributed by atoms with Crippen molar-refractivity contribution in [3.63, 3.8) is 0 Å². The lowest BCUT2D eigenvalue weighted by atomic mass is 10.1. The van der Waals surface area contributed by atoms with Crippen molar-refractivity contribution in [2.45, 2.75) is 51.6 Å². The van der Waals surface area contributed by atoms with Crippen LogP contribution in [0.15, 0.2) is 0 Å². The van der Waals surface area contributed by atoms with Crippen molar-refractivity contribution in [2.75, 3.05) is 11.9 Å². The molecule has 5 heteroatoms. The number of aryl methyl sites for hydroxylation is 1. The molecule has 4 nitrogen and oxygen atoms in total. The maximum absolute atomic E-state index is 4.14. The molecule has 1 aliphatic rings. The smallest absolute Gasteiger partial charge is 0.205 e. The van der Waals surface area contributed by atoms with Crippen LogP contribution in [0.5, 0.6) is 0 Å². The highest BCUT2D eigenvalue weighted by atomic mass is 32.1. The van der Waals surface area contributed by atoms with Crippen molar-refractivity contribution in [3.8, 4) is 0 Å². The van der Waals surface area contributed by atoms with Crippen LogP contribution >= 0.6 is 11.3 Å². The van der Waals surface area contributed by atoms with Crippen molar-refractivity contribution < 1.29 is 0 Å². The van der Waals surface area contributed by atoms with Gasteiger partial charge in [0, 0.05) is 12.1 Å². The monoisotopic (exact) mass is 240 g/mol. The lowest BCUT2D eigenvalue weighted by molar-refractivity contribution is 0.523. The van der Waals surface area contributed by atoms with E-state index in [9.17, 15) is 0 Å². The summed E-state index contributed by atoms with van der Waals surface area (Å²) in [5, 5.41) is 17.3. The highest BCUT2D eigenvalue weighted by molar-refractivity contribution is 7.15. The fraction of sp³-hybridized carbons (Fsp3) is 0.818. The van der Waals surface area contributed by atoms with E-state index in [4.69, 9.17) is 0 Å². The zero-order chi connectivity index (χ0) is 11.4. The van der Waals surface area contributed by atoms with Gasteiger partial charge in [0.15, 0.2) is 0 Å². The van der Waals surface area contributed by atoms with Gasteiger partial charge in [-0.3, -0.25) is 0 Å². The molecule has 0 spiro atoms. The van der Waals surface area contributed by atoms with Gasteiger partial charge in [0.2, 0.25) is 5.13 Å². The van der Waals surface area contributed by atoms with Crippen LogP contribution in [-0.2, 0) is 6.42 Å². The molecule has 1 fully saturated rings. The minimum absolute atomic E-state index is 0.466. The topological polar surface area (TPSA) is 49.8 Å². The van der Waals surface area contributed by atoms with E-state index in [0.717, 1.165) is 16.6 Å². The molecule has 2 rings (SSSR count). The van der Waals surface area contributed by atoms with E-state index in [-0.39, 0.29) is 0 Å². The second-order valence-corrected chi connectivity index (χ2v) is 5.49. The summed E-state index contributed by atoms with van der Waals surface area (Å²) in [6.45, 7) is 5.50. The maximum Gasteiger partial charge on any atom is 0.205 e. The minimum atomic E-state index is 0.466. The Hall–Kier alpha value is -0.680. The second-order valence-electron chi connectivity index (χ2n) is 4.43. The van der Waals surface area contributed by atoms with Crippen LogP contribution in [0.1, 0.15) is 38.1 Å². The molecular formula is C11H20N4S. The Morgan fingerprint density at radius 1 is 1.56 bits per heavy atom. The standard InChI is InChI=1S/C11H20N4S/c1-3-10-14-15-11(16-10)13-8(2)7-9-5-4-6-12-9/h8-9,12H,3-7H2,1-2H3,(H,13,15). The third-order valence-corrected chi connectivity index (χ3v) is 3.94. The lowest BCUT2D eigenvalue weighted by Gasteiger charge is -2.17. The number of nitrogens with zero attached hydrogens (tertiary/aromatic N) is 2. The second kappa shape index (κ2) is 5.59. The summed E-state index contributed by atoms with van der Waals surface area (Å²) in [5.41, 5.74) is 0. The Morgan fingerprint density at radius 3 is 3.06 bits per heavy atom. The van der Waals surface area contributed by atoms with E-state index in [1.54, 1.807) is 11.3 Å². The van der Waals surface area contributed by atoms with Gasteiger partial charge < -0.3 is 10.6 Å². The van der Waals surface area contributed by atoms with Gasteiger partial charge in [-0.1, -0.05) is 18.3 Å². The predicted molar refractivity (Wildman–Crippen MR) is 68.0 cm³/mol. The molecule has 0 aliphatic carbocycles. The molecule has 1 aliphatic heterocycles. The van der Waals surface area contributed by atoms with Gasteiger partial charge in [-0.15, -0.1) is 10.2 Å². The SMILES string of the molecule is CCc1nnc(NC(C)CC2CCCN2)s1. The van der Waals surface area contributed by atoms with Gasteiger partial charge >= 0.3 is 0 Å². The van der Waals surface area contributed by atoms with E-state index in [1.807, 2.05) is 0 Å². The summed E-state index contributed by atoms with van der Waals surface area (Å²) in [6.07, 6.45) is 4.76. The van der Waals surface area contributed by atoms with Crippen LogP contribution in [0.2, 0.25) is 0 Å². The van der Waals surface area contributed by atoms with E-state index >= 15 is 0 Å². The molecule has 2 heterocycles. The normalized spacial score (nSPS) is 22.2. The first kappa shape index (κ1) is 11.8. The van der Waals surface area contributed by atoms with Crippen molar-refractivity contribution in [3.05, 3.63) is 5.01 Å². The molecule has 0 saturated carbocycles. The van der Waals surface area contributed by atoms with Gasteiger partial charge in [0.25, 0.3) is 0 Å². The summed E-state index contributed by atoms with van der Waals surface area (Å²) >= 11 is 1.67. The molecule has 0 radical (unpaired) electrons. The summed E-state index contributed by atoms with van der Waals surface area (Å²) < 4.78 is 0. The van der Waals surface area contributed by atoms with E-state index in [1.165, 1.54) is 25.8 Å². The number of hydrogen-bond donors (Lipinski definition) is 2. The number of aromatic nitrogens is 2. The molecule has 1 aromatic heterocycles. The van der Waals surface area contributed by atoms with Gasteiger partial charge in [-0.2, -0.15) is 0 Å². The van der Waals surface area contributed by atoms with Gasteiger partial charge in [-0.25, -0.2) is 0 Å². The fourth-order valence-electron chi connectivity index (χ4n) is 2.11. The van der Waals surface area contributed by atoms with Crippen LogP contribution in [0.25, 0.3) is 0 Å². The quantitative estimate of drug-likeness (QED) is 0.827. The number of anilines is 1. The highest BCUT2D eigenvalue weighted by Gasteiger charge is 2.17.